The minimum absolute atomic E-state index is 0.0405. The maximum atomic E-state index is 12.8. The summed E-state index contributed by atoms with van der Waals surface area (Å²) in [6, 6.07) is 13.0. The molecular weight excluding hydrogens is 694 g/mol. The lowest BCUT2D eigenvalue weighted by Crippen LogP contribution is -2.44. The Balaban J connectivity index is 1.13. The first-order valence-electron chi connectivity index (χ1n) is 18.0. The van der Waals surface area contributed by atoms with Crippen LogP contribution < -0.4 is 0 Å². The molecule has 0 atom stereocenters. The van der Waals surface area contributed by atoms with Gasteiger partial charge in [0.2, 0.25) is 0 Å². The molecule has 2 aromatic rings. The quantitative estimate of drug-likeness (QED) is 0.0777. The molecule has 0 bridgehead atoms. The number of benzene rings is 2. The summed E-state index contributed by atoms with van der Waals surface area (Å²) in [4.78, 5) is 36.1. The van der Waals surface area contributed by atoms with E-state index in [1.807, 2.05) is 104 Å². The number of para-hydroxylation sites is 2. The van der Waals surface area contributed by atoms with E-state index in [0.29, 0.717) is 11.1 Å². The van der Waals surface area contributed by atoms with Gasteiger partial charge in [0.25, 0.3) is 11.4 Å². The molecule has 284 valence electrons. The van der Waals surface area contributed by atoms with Crippen LogP contribution in [0.25, 0.3) is 0 Å². The van der Waals surface area contributed by atoms with Crippen LogP contribution in [0.1, 0.15) is 66.5 Å². The van der Waals surface area contributed by atoms with E-state index in [4.69, 9.17) is 28.1 Å². The van der Waals surface area contributed by atoms with Crippen LogP contribution in [-0.2, 0) is 38.7 Å². The summed E-state index contributed by atoms with van der Waals surface area (Å²) in [7, 11) is -1.73. The molecule has 0 radical (unpaired) electrons. The van der Waals surface area contributed by atoms with Crippen LogP contribution >= 0.6 is 0 Å². The van der Waals surface area contributed by atoms with Crippen LogP contribution in [0.4, 0.5) is 16.2 Å². The third-order valence-electron chi connectivity index (χ3n) is 11.7. The van der Waals surface area contributed by atoms with Gasteiger partial charge in [-0.2, -0.15) is 0 Å². The number of hydrogen-bond donors (Lipinski definition) is 0. The molecule has 0 N–H and O–H groups in total. The van der Waals surface area contributed by atoms with E-state index in [-0.39, 0.29) is 36.4 Å². The van der Waals surface area contributed by atoms with Gasteiger partial charge in [-0.05, 0) is 55.4 Å². The molecule has 2 heterocycles. The zero-order chi connectivity index (χ0) is 39.3. The molecule has 2 aliphatic heterocycles. The van der Waals surface area contributed by atoms with Crippen molar-refractivity contribution in [2.75, 3.05) is 13.2 Å². The van der Waals surface area contributed by atoms with Crippen LogP contribution in [0.15, 0.2) is 97.1 Å². The van der Waals surface area contributed by atoms with Crippen molar-refractivity contribution in [2.24, 2.45) is 11.8 Å². The van der Waals surface area contributed by atoms with Crippen molar-refractivity contribution < 1.29 is 42.7 Å². The molecule has 4 aliphatic rings. The smallest absolute Gasteiger partial charge is 0.433 e. The number of carbonyl (C=O) groups is 1. The minimum atomic E-state index is -1.12. The van der Waals surface area contributed by atoms with Crippen molar-refractivity contribution in [3.8, 4) is 0 Å². The van der Waals surface area contributed by atoms with Crippen molar-refractivity contribution in [3.63, 3.8) is 0 Å². The SMILES string of the molecule is CC1(C)OB(C2(c3ccccc3[N+](=O)[O-])C=CC(COC(=O)OCC3C=CC(B4OC(C)(C)C(C)(C)O4)(c4ccccc4[N+](=O)[O-])C=C3)C=C2)OC1(C)C. The Morgan fingerprint density at radius 2 is 0.889 bits per heavy atom. The van der Waals surface area contributed by atoms with Crippen LogP contribution in [-0.4, -0.2) is 65.9 Å². The minimum Gasteiger partial charge on any atom is -0.433 e. The lowest BCUT2D eigenvalue weighted by atomic mass is 9.52. The number of nitro benzene ring substituents is 2. The van der Waals surface area contributed by atoms with Gasteiger partial charge in [-0.3, -0.25) is 20.2 Å². The summed E-state index contributed by atoms with van der Waals surface area (Å²) in [5.41, 5.74) is -2.05. The summed E-state index contributed by atoms with van der Waals surface area (Å²) < 4.78 is 36.6. The van der Waals surface area contributed by atoms with Crippen molar-refractivity contribution in [1.82, 2.24) is 0 Å². The van der Waals surface area contributed by atoms with Crippen LogP contribution in [0.3, 0.4) is 0 Å². The van der Waals surface area contributed by atoms with Crippen LogP contribution in [0.5, 0.6) is 0 Å². The second-order valence-electron chi connectivity index (χ2n) is 16.2. The van der Waals surface area contributed by atoms with Crippen LogP contribution in [0, 0.1) is 32.1 Å². The number of ether oxygens (including phenoxy) is 2. The first-order chi connectivity index (χ1) is 25.2. The van der Waals surface area contributed by atoms with E-state index < -0.39 is 63.3 Å². The van der Waals surface area contributed by atoms with Gasteiger partial charge in [0, 0.05) is 35.1 Å². The lowest BCUT2D eigenvalue weighted by molar-refractivity contribution is -0.385. The van der Waals surface area contributed by atoms with Crippen molar-refractivity contribution in [2.45, 2.75) is 88.4 Å². The summed E-state index contributed by atoms with van der Waals surface area (Å²) in [5.74, 6) is -0.708. The molecule has 6 rings (SSSR count). The first kappa shape index (κ1) is 39.1. The highest BCUT2D eigenvalue weighted by Crippen LogP contribution is 2.49. The molecule has 54 heavy (non-hydrogen) atoms. The highest BCUT2D eigenvalue weighted by molar-refractivity contribution is 6.52. The molecule has 0 saturated carbocycles. The fraction of sp³-hybridized carbons (Fsp3) is 0.462. The van der Waals surface area contributed by atoms with Crippen molar-refractivity contribution in [1.29, 1.82) is 0 Å². The first-order valence-corrected chi connectivity index (χ1v) is 18.0. The molecule has 2 fully saturated rings. The Hall–Kier alpha value is -4.56. The average Bonchev–Trinajstić information content (AvgIpc) is 3.49. The van der Waals surface area contributed by atoms with E-state index in [1.165, 1.54) is 12.1 Å². The molecule has 0 amide bonds. The number of rotatable bonds is 10. The number of carbonyl (C=O) groups excluding carboxylic acids is 1. The number of allylic oxidation sites excluding steroid dienone is 4. The van der Waals surface area contributed by atoms with Gasteiger partial charge in [-0.25, -0.2) is 4.79 Å². The number of hydrogen-bond acceptors (Lipinski definition) is 11. The Kier molecular flexibility index (Phi) is 10.1. The van der Waals surface area contributed by atoms with Gasteiger partial charge < -0.3 is 28.1 Å². The molecule has 0 spiro atoms. The second kappa shape index (κ2) is 13.9. The monoisotopic (exact) mass is 740 g/mol. The molecule has 0 aromatic heterocycles. The zero-order valence-electron chi connectivity index (χ0n) is 31.8. The number of nitrogens with zero attached hydrogens (tertiary/aromatic N) is 2. The number of nitro groups is 2. The van der Waals surface area contributed by atoms with Gasteiger partial charge in [-0.1, -0.05) is 85.0 Å². The highest BCUT2D eigenvalue weighted by Gasteiger charge is 2.61. The summed E-state index contributed by atoms with van der Waals surface area (Å²) in [5, 5.41) is 21.9. The van der Waals surface area contributed by atoms with E-state index >= 15 is 0 Å². The molecule has 2 aliphatic carbocycles. The van der Waals surface area contributed by atoms with E-state index in [1.54, 1.807) is 36.4 Å². The molecule has 2 aromatic carbocycles. The van der Waals surface area contributed by atoms with Gasteiger partial charge >= 0.3 is 20.4 Å². The maximum absolute atomic E-state index is 12.8. The predicted octanol–water partition coefficient (Wildman–Crippen LogP) is 7.58. The Morgan fingerprint density at radius 3 is 1.19 bits per heavy atom. The third-order valence-corrected chi connectivity index (χ3v) is 11.7. The third kappa shape index (κ3) is 6.94. The lowest BCUT2D eigenvalue weighted by Gasteiger charge is -2.33. The van der Waals surface area contributed by atoms with E-state index in [0.717, 1.165) is 0 Å². The summed E-state index contributed by atoms with van der Waals surface area (Å²) in [6.45, 7) is 15.3. The van der Waals surface area contributed by atoms with Gasteiger partial charge in [0.05, 0.1) is 42.9 Å². The Morgan fingerprint density at radius 1 is 0.593 bits per heavy atom. The van der Waals surface area contributed by atoms with Crippen molar-refractivity contribution >= 4 is 31.8 Å². The molecule has 13 nitrogen and oxygen atoms in total. The average molecular weight is 740 g/mol. The molecule has 2 saturated heterocycles. The van der Waals surface area contributed by atoms with Gasteiger partial charge in [0.1, 0.15) is 13.2 Å². The Labute approximate surface area is 315 Å². The van der Waals surface area contributed by atoms with Crippen molar-refractivity contribution in [3.05, 3.63) is 128 Å². The van der Waals surface area contributed by atoms with Gasteiger partial charge in [-0.15, -0.1) is 0 Å². The fourth-order valence-electron chi connectivity index (χ4n) is 6.96. The topological polar surface area (TPSA) is 159 Å². The normalized spacial score (nSPS) is 28.6. The van der Waals surface area contributed by atoms with Gasteiger partial charge in [0.15, 0.2) is 0 Å². The highest BCUT2D eigenvalue weighted by atomic mass is 16.7. The summed E-state index contributed by atoms with van der Waals surface area (Å²) in [6.07, 6.45) is 13.7. The largest absolute Gasteiger partial charge is 0.508 e. The van der Waals surface area contributed by atoms with E-state index in [9.17, 15) is 25.0 Å². The predicted molar refractivity (Wildman–Crippen MR) is 203 cm³/mol. The fourth-order valence-corrected chi connectivity index (χ4v) is 6.96. The zero-order valence-corrected chi connectivity index (χ0v) is 31.8. The van der Waals surface area contributed by atoms with E-state index in [2.05, 4.69) is 0 Å². The molecule has 15 heteroatoms. The Bertz CT molecular complexity index is 1740. The maximum Gasteiger partial charge on any atom is 0.508 e. The second-order valence-corrected chi connectivity index (χ2v) is 16.2. The summed E-state index contributed by atoms with van der Waals surface area (Å²) >= 11 is 0. The molecular formula is C39H46B2N2O11. The van der Waals surface area contributed by atoms with Crippen LogP contribution in [0.2, 0.25) is 0 Å². The molecule has 0 unspecified atom stereocenters. The standard InChI is InChI=1S/C39H46B2N2O11/c1-34(2)35(3,4)52-40(51-34)38(29-13-9-11-15-31(29)42(45)46)21-17-27(18-22-38)25-49-33(44)50-26-28-19-23-39(24-20-28,30-14-10-12-16-32(30)43(47)48)41-53-36(5,6)37(7,8)54-41/h9-24,27-28H,25-26H2,1-8H3.